The van der Waals surface area contributed by atoms with Crippen LogP contribution in [0.1, 0.15) is 303 Å². The van der Waals surface area contributed by atoms with Crippen LogP contribution in [0.4, 0.5) is 35.9 Å². The summed E-state index contributed by atoms with van der Waals surface area (Å²) in [6.45, 7) is 13.1. The van der Waals surface area contributed by atoms with Gasteiger partial charge in [0.05, 0.1) is 8.52 Å². The van der Waals surface area contributed by atoms with Gasteiger partial charge in [0, 0.05) is 57.2 Å². The third-order valence-electron chi connectivity index (χ3n) is 18.9. The number of nitrogens with two attached hydrogens (primary N) is 1. The maximum absolute atomic E-state index is 13.5. The number of halogens is 6. The molecule has 115 heavy (non-hydrogen) atoms. The molecule has 5 aromatic carbocycles. The summed E-state index contributed by atoms with van der Waals surface area (Å²) >= 11 is 0. The molecule has 7 rings (SSSR count). The quantitative estimate of drug-likeness (QED) is 0.00460. The van der Waals surface area contributed by atoms with Crippen molar-refractivity contribution in [2.24, 2.45) is 5.73 Å². The van der Waals surface area contributed by atoms with Crippen LogP contribution in [0.15, 0.2) is 97.1 Å². The van der Waals surface area contributed by atoms with Gasteiger partial charge in [0.15, 0.2) is 0 Å². The Bertz CT molecular complexity index is 3620. The fraction of sp³-hybridized carbons (Fsp3) is 0.578. The molecule has 25 heteroatoms. The van der Waals surface area contributed by atoms with Crippen LogP contribution in [0.2, 0.25) is 0 Å². The number of aliphatic carboxylic acids is 1. The van der Waals surface area contributed by atoms with Crippen LogP contribution < -0.4 is 26.4 Å². The Balaban J connectivity index is 0.000000589. The highest BCUT2D eigenvalue weighted by Crippen LogP contribution is 2.46. The number of alkyl carbamates (subject to hydrolysis) is 2. The van der Waals surface area contributed by atoms with Crippen molar-refractivity contribution in [1.29, 1.82) is 0 Å². The molecule has 0 aliphatic heterocycles. The number of esters is 3. The molecule has 640 valence electrons. The number of carboxylic acid groups (broad SMARTS) is 1. The van der Waals surface area contributed by atoms with Gasteiger partial charge >= 0.3 is 42.2 Å². The Morgan fingerprint density at radius 1 is 0.426 bits per heavy atom. The summed E-state index contributed by atoms with van der Waals surface area (Å²) in [6, 6.07) is 31.8. The van der Waals surface area contributed by atoms with Crippen molar-refractivity contribution in [1.82, 2.24) is 16.0 Å². The number of hydrogen-bond donors (Lipinski definition) is 5. The van der Waals surface area contributed by atoms with E-state index in [2.05, 4.69) is 57.1 Å². The van der Waals surface area contributed by atoms with Crippen LogP contribution in [0.25, 0.3) is 22.3 Å². The van der Waals surface area contributed by atoms with E-state index in [9.17, 15) is 59.9 Å². The molecule has 0 spiro atoms. The highest BCUT2D eigenvalue weighted by atomic mass is 19.2. The first-order valence-corrected chi connectivity index (χ1v) is 40.5. The second-order valence-corrected chi connectivity index (χ2v) is 30.5. The van der Waals surface area contributed by atoms with Gasteiger partial charge in [-0.3, -0.25) is 28.4 Å². The van der Waals surface area contributed by atoms with Crippen LogP contribution in [-0.4, -0.2) is 110 Å². The summed E-state index contributed by atoms with van der Waals surface area (Å²) in [6.07, 6.45) is 32.6. The van der Waals surface area contributed by atoms with E-state index in [1.54, 1.807) is 0 Å². The molecule has 0 fully saturated rings. The van der Waals surface area contributed by atoms with E-state index in [4.69, 9.17) is 40.7 Å². The normalized spacial score (nSPS) is 12.0. The zero-order valence-corrected chi connectivity index (χ0v) is 67.8. The third-order valence-corrected chi connectivity index (χ3v) is 18.9. The molecule has 3 amide bonds. The van der Waals surface area contributed by atoms with Crippen LogP contribution in [0, 0.1) is 29.1 Å². The second kappa shape index (κ2) is 58.7. The van der Waals surface area contributed by atoms with E-state index in [0.29, 0.717) is 58.2 Å². The number of fused-ring (bicyclic) bond motifs is 6. The number of unbranched alkanes of at least 4 members (excludes halogenated alkanes) is 26. The molecule has 5 aromatic rings. The number of rotatable bonds is 47. The lowest BCUT2D eigenvalue weighted by Crippen LogP contribution is -2.35. The first-order chi connectivity index (χ1) is 55.1. The molecule has 0 heterocycles. The lowest BCUT2D eigenvalue weighted by molar-refractivity contribution is -0.192. The van der Waals surface area contributed by atoms with Crippen molar-refractivity contribution in [3.8, 4) is 28.0 Å². The number of nitrogens with one attached hydrogen (secondary N) is 3. The summed E-state index contributed by atoms with van der Waals surface area (Å²) in [5.74, 6) is -14.6. The molecular formula is C90H128F6N4O15. The van der Waals surface area contributed by atoms with Gasteiger partial charge in [0.25, 0.3) is 0 Å². The Kier molecular flexibility index (Phi) is 51.1. The molecule has 19 nitrogen and oxygen atoms in total. The van der Waals surface area contributed by atoms with Gasteiger partial charge < -0.3 is 50.5 Å². The highest BCUT2D eigenvalue weighted by molar-refractivity contribution is 5.81. The maximum Gasteiger partial charge on any atom is 0.407 e. The standard InChI is InChI=1S/C40H60N2O5.C28H41F5O4.C19H20N2O4.CH3F.CO2.CH4/c1-40(2,3)47-38(44)28-17-15-13-11-9-7-5-4-6-8-10-12-14-16-27-37(43)41-29-22-30-42-39(45)46-31-36-34-25-20-18-23-32(34)33-24-19-21-26-35(33)36;1-28(2,3)37-21(35)19-17-15-13-11-9-7-5-4-6-8-10-12-14-16-18-20(34)36-27-25(32)23(30)22(29)24(31)26(27)33;20-17(18(22)23)9-10-21-19(24)25-11-16-14-7-3-1-5-12(14)13-6-2-4-8-15(13)16;1-2;2-1-3;/h18-21,23-26,36H,4-17,22,27-31H2,1-3H3,(H,41,43)(H,42,45);4-19H2,1-3H3;1-8,16-17H,9-11,20H2,(H,21,24)(H,22,23);1H3;;1H4/t;;17-;;;/m..0.../s1/i;;;1D;;. The summed E-state index contributed by atoms with van der Waals surface area (Å²) in [5, 5.41) is 17.0. The Morgan fingerprint density at radius 2 is 0.687 bits per heavy atom. The fourth-order valence-corrected chi connectivity index (χ4v) is 13.3. The summed E-state index contributed by atoms with van der Waals surface area (Å²) < 4.78 is 108. The Hall–Kier alpha value is -9.09. The highest BCUT2D eigenvalue weighted by Gasteiger charge is 2.32. The van der Waals surface area contributed by atoms with E-state index in [1.165, 1.54) is 130 Å². The van der Waals surface area contributed by atoms with E-state index >= 15 is 0 Å². The largest absolute Gasteiger partial charge is 0.480 e. The second-order valence-electron chi connectivity index (χ2n) is 30.5. The van der Waals surface area contributed by atoms with Gasteiger partial charge in [-0.15, -0.1) is 0 Å². The molecule has 0 aromatic heterocycles. The number of carbonyl (C=O) groups is 7. The maximum atomic E-state index is 13.5. The van der Waals surface area contributed by atoms with E-state index in [0.717, 1.165) is 81.8 Å². The summed E-state index contributed by atoms with van der Waals surface area (Å²) in [7, 11) is -1.00. The van der Waals surface area contributed by atoms with Crippen molar-refractivity contribution < 1.29 is 99.7 Å². The molecule has 0 bridgehead atoms. The van der Waals surface area contributed by atoms with E-state index in [1.807, 2.05) is 102 Å². The minimum Gasteiger partial charge on any atom is -0.480 e. The predicted octanol–water partition coefficient (Wildman–Crippen LogP) is 21.5. The summed E-state index contributed by atoms with van der Waals surface area (Å²) in [4.78, 5) is 98.3. The lowest BCUT2D eigenvalue weighted by Gasteiger charge is -2.19. The van der Waals surface area contributed by atoms with Gasteiger partial charge in [-0.1, -0.05) is 259 Å². The molecule has 2 aliphatic rings. The SMILES string of the molecule is C.CC(C)(C)OC(=O)CCCCCCCCCCCCCCCCC(=O)NCCCNC(=O)OCC1c2ccccc2-c2ccccc21.CC(C)(C)OC(=O)CCCCCCCCCCCCCCCCC(=O)Oc1c(F)c(F)c(F)c(F)c1F.N[C@@H](CCNC(=O)OCC1c2ccccc2-c2ccccc21)C(=O)O.O=C=O.[2H]CF. The van der Waals surface area contributed by atoms with Gasteiger partial charge in [0.1, 0.15) is 30.5 Å². The van der Waals surface area contributed by atoms with Crippen LogP contribution in [-0.2, 0) is 52.5 Å². The number of hydrogen-bond acceptors (Lipinski definition) is 15. The molecular weight excluding hydrogens is 1490 g/mol. The number of carboxylic acids is 1. The zero-order valence-electron chi connectivity index (χ0n) is 68.8. The number of carbonyl (C=O) groups excluding carboxylic acids is 8. The Labute approximate surface area is 679 Å². The Morgan fingerprint density at radius 3 is 0.991 bits per heavy atom. The van der Waals surface area contributed by atoms with Crippen molar-refractivity contribution in [3.05, 3.63) is 148 Å². The van der Waals surface area contributed by atoms with Crippen LogP contribution in [0.3, 0.4) is 0 Å². The first-order valence-electron chi connectivity index (χ1n) is 41.2. The van der Waals surface area contributed by atoms with Crippen molar-refractivity contribution >= 4 is 48.1 Å². The predicted molar refractivity (Wildman–Crippen MR) is 434 cm³/mol. The number of benzene rings is 5. The smallest absolute Gasteiger partial charge is 0.407 e. The minimum absolute atomic E-state index is 0. The van der Waals surface area contributed by atoms with E-state index in [-0.39, 0.29) is 74.9 Å². The molecule has 0 saturated carbocycles. The molecule has 0 saturated heterocycles. The van der Waals surface area contributed by atoms with Crippen molar-refractivity contribution in [2.75, 3.05) is 40.0 Å². The molecule has 2 aliphatic carbocycles. The third kappa shape index (κ3) is 41.9. The van der Waals surface area contributed by atoms with Gasteiger partial charge in [-0.25, -0.2) is 22.8 Å². The topological polar surface area (TPSA) is 282 Å². The summed E-state index contributed by atoms with van der Waals surface area (Å²) in [5.41, 5.74) is 14.0. The number of ether oxygens (including phenoxy) is 5. The number of alkyl halides is 1. The van der Waals surface area contributed by atoms with Crippen LogP contribution in [0.5, 0.6) is 5.75 Å². The molecule has 0 unspecified atom stereocenters. The zero-order chi connectivity index (χ0) is 84.8. The fourth-order valence-electron chi connectivity index (χ4n) is 13.3. The number of amides is 3. The molecule has 6 N–H and O–H groups in total. The van der Waals surface area contributed by atoms with Crippen LogP contribution >= 0.6 is 0 Å². The lowest BCUT2D eigenvalue weighted by atomic mass is 9.98. The average molecular weight is 1620 g/mol. The minimum atomic E-state index is -2.29. The van der Waals surface area contributed by atoms with Gasteiger partial charge in [-0.2, -0.15) is 18.4 Å². The average Bonchev–Trinajstić information content (AvgIpc) is 1.75. The molecule has 0 radical (unpaired) electrons. The molecule has 1 atom stereocenters. The van der Waals surface area contributed by atoms with E-state index < -0.39 is 77.8 Å². The van der Waals surface area contributed by atoms with Gasteiger partial charge in [0.2, 0.25) is 40.7 Å². The monoisotopic (exact) mass is 1620 g/mol. The van der Waals surface area contributed by atoms with Crippen molar-refractivity contribution in [2.45, 2.75) is 296 Å². The van der Waals surface area contributed by atoms with Gasteiger partial charge in [-0.05, 0) is 125 Å². The first kappa shape index (κ1) is 100. The van der Waals surface area contributed by atoms with Crippen molar-refractivity contribution in [3.63, 3.8) is 0 Å².